The van der Waals surface area contributed by atoms with Crippen LogP contribution in [0.15, 0.2) is 79.1 Å². The van der Waals surface area contributed by atoms with Gasteiger partial charge in [-0.1, -0.05) is 42.5 Å². The smallest absolute Gasteiger partial charge is 0.260 e. The molecule has 3 unspecified atom stereocenters. The van der Waals surface area contributed by atoms with E-state index >= 15 is 0 Å². The van der Waals surface area contributed by atoms with Crippen molar-refractivity contribution < 1.29 is 9.52 Å². The summed E-state index contributed by atoms with van der Waals surface area (Å²) in [6.07, 6.45) is 10.5. The highest BCUT2D eigenvalue weighted by Gasteiger charge is 2.42. The first-order chi connectivity index (χ1) is 20.0. The minimum atomic E-state index is -0.0177. The first kappa shape index (κ1) is 26.2. The van der Waals surface area contributed by atoms with Crippen LogP contribution >= 0.6 is 0 Å². The molecule has 4 aromatic rings. The maximum Gasteiger partial charge on any atom is 0.260 e. The Morgan fingerprint density at radius 1 is 0.927 bits per heavy atom. The number of aryl methyl sites for hydroxylation is 1. The summed E-state index contributed by atoms with van der Waals surface area (Å²) in [4.78, 5) is 23.3. The molecule has 7 nitrogen and oxygen atoms in total. The Morgan fingerprint density at radius 2 is 1.68 bits per heavy atom. The molecule has 7 heteroatoms. The van der Waals surface area contributed by atoms with Crippen molar-refractivity contribution in [3.63, 3.8) is 0 Å². The zero-order chi connectivity index (χ0) is 27.9. The number of pyridine rings is 1. The summed E-state index contributed by atoms with van der Waals surface area (Å²) in [6.45, 7) is 3.88. The third-order valence-corrected chi connectivity index (χ3v) is 9.99. The second kappa shape index (κ2) is 10.9. The molecule has 0 N–H and O–H groups in total. The van der Waals surface area contributed by atoms with Crippen LogP contribution in [-0.4, -0.2) is 56.5 Å². The van der Waals surface area contributed by atoms with Crippen LogP contribution in [0.25, 0.3) is 11.0 Å². The Balaban J connectivity index is 1.08. The summed E-state index contributed by atoms with van der Waals surface area (Å²) in [7, 11) is 0. The van der Waals surface area contributed by atoms with Crippen LogP contribution in [0.3, 0.4) is 0 Å². The molecule has 0 aliphatic carbocycles. The predicted molar refractivity (Wildman–Crippen MR) is 160 cm³/mol. The maximum atomic E-state index is 13.7. The quantitative estimate of drug-likeness (QED) is 0.231. The number of imidazole rings is 1. The van der Waals surface area contributed by atoms with Crippen LogP contribution in [0, 0.1) is 12.1 Å². The van der Waals surface area contributed by atoms with Gasteiger partial charge in [-0.2, -0.15) is 4.73 Å². The van der Waals surface area contributed by atoms with Crippen LogP contribution in [0.2, 0.25) is 0 Å². The molecule has 0 saturated carbocycles. The van der Waals surface area contributed by atoms with Gasteiger partial charge in [-0.25, -0.2) is 4.98 Å². The van der Waals surface area contributed by atoms with E-state index in [0.29, 0.717) is 29.6 Å². The van der Waals surface area contributed by atoms with Gasteiger partial charge in [-0.05, 0) is 81.5 Å². The van der Waals surface area contributed by atoms with Crippen LogP contribution in [0.4, 0.5) is 0 Å². The van der Waals surface area contributed by atoms with Crippen molar-refractivity contribution in [1.82, 2.24) is 19.4 Å². The van der Waals surface area contributed by atoms with Gasteiger partial charge >= 0.3 is 0 Å². The van der Waals surface area contributed by atoms with Gasteiger partial charge in [-0.3, -0.25) is 9.69 Å². The highest BCUT2D eigenvalue weighted by Crippen LogP contribution is 2.43. The van der Waals surface area contributed by atoms with Crippen LogP contribution in [0.5, 0.6) is 0 Å². The number of nitrogens with zero attached hydrogens (tertiary/aromatic N) is 5. The molecule has 3 saturated heterocycles. The zero-order valence-electron chi connectivity index (χ0n) is 23.8. The van der Waals surface area contributed by atoms with Gasteiger partial charge < -0.3 is 14.7 Å². The standard InChI is InChI=1S/C34H39N5O2/c1-24-35-32-11-5-6-12-33(32)39(24)31-21-28-13-14-29(22-31)37(28)19-16-30-20-26(25-8-3-2-4-9-25)15-18-38(30)34(40)27-10-7-17-36(41)23-27/h2-12,17,23,26,28-31H,13-16,18-22H2,1H3/t26?,28-,29+,30?,31?. The Morgan fingerprint density at radius 3 is 2.46 bits per heavy atom. The lowest BCUT2D eigenvalue weighted by molar-refractivity contribution is -0.605. The van der Waals surface area contributed by atoms with E-state index in [9.17, 15) is 10.0 Å². The van der Waals surface area contributed by atoms with E-state index in [4.69, 9.17) is 4.98 Å². The molecule has 0 spiro atoms. The van der Waals surface area contributed by atoms with Crippen molar-refractivity contribution in [1.29, 1.82) is 0 Å². The summed E-state index contributed by atoms with van der Waals surface area (Å²) in [5.74, 6) is 1.55. The number of amides is 1. The third-order valence-electron chi connectivity index (χ3n) is 9.99. The number of para-hydroxylation sites is 2. The SMILES string of the molecule is Cc1nc2ccccc2n1C1C[C@H]2CC[C@@H](C1)N2CCC1CC(c2ccccc2)CCN1C(=O)c1ccc[n+]([O-])c1. The third kappa shape index (κ3) is 5.01. The van der Waals surface area contributed by atoms with E-state index < -0.39 is 0 Å². The number of hydrogen-bond acceptors (Lipinski definition) is 4. The number of carbonyl (C=O) groups excluding carboxylic acids is 1. The van der Waals surface area contributed by atoms with Crippen molar-refractivity contribution in [2.75, 3.05) is 13.1 Å². The summed E-state index contributed by atoms with van der Waals surface area (Å²) in [5.41, 5.74) is 4.20. The Labute approximate surface area is 242 Å². The molecule has 3 aliphatic heterocycles. The fourth-order valence-corrected chi connectivity index (χ4v) is 8.11. The Hall–Kier alpha value is -3.71. The second-order valence-electron chi connectivity index (χ2n) is 12.3. The molecule has 2 aromatic carbocycles. The molecule has 1 amide bonds. The van der Waals surface area contributed by atoms with Crippen molar-refractivity contribution in [3.05, 3.63) is 101 Å². The highest BCUT2D eigenvalue weighted by molar-refractivity contribution is 5.94. The molecule has 2 aromatic heterocycles. The fraction of sp³-hybridized carbons (Fsp3) is 0.441. The van der Waals surface area contributed by atoms with Crippen molar-refractivity contribution in [2.45, 2.75) is 82.0 Å². The summed E-state index contributed by atoms with van der Waals surface area (Å²) in [5, 5.41) is 11.9. The number of aromatic nitrogens is 3. The number of rotatable bonds is 6. The van der Waals surface area contributed by atoms with E-state index in [1.807, 2.05) is 0 Å². The number of carbonyl (C=O) groups is 1. The predicted octanol–water partition coefficient (Wildman–Crippen LogP) is 5.62. The number of fused-ring (bicyclic) bond motifs is 3. The number of hydrogen-bond donors (Lipinski definition) is 0. The first-order valence-corrected chi connectivity index (χ1v) is 15.3. The topological polar surface area (TPSA) is 68.3 Å². The summed E-state index contributed by atoms with van der Waals surface area (Å²) >= 11 is 0. The minimum Gasteiger partial charge on any atom is -0.619 e. The van der Waals surface area contributed by atoms with Gasteiger partial charge in [0, 0.05) is 43.3 Å². The Kier molecular flexibility index (Phi) is 6.99. The lowest BCUT2D eigenvalue weighted by Crippen LogP contribution is -2.49. The lowest BCUT2D eigenvalue weighted by atomic mass is 9.83. The molecule has 2 bridgehead atoms. The molecule has 212 valence electrons. The van der Waals surface area contributed by atoms with Gasteiger partial charge in [0.1, 0.15) is 11.4 Å². The van der Waals surface area contributed by atoms with Crippen LogP contribution < -0.4 is 4.73 Å². The van der Waals surface area contributed by atoms with E-state index in [0.717, 1.165) is 61.3 Å². The van der Waals surface area contributed by atoms with Gasteiger partial charge in [0.2, 0.25) is 0 Å². The molecule has 3 fully saturated rings. The van der Waals surface area contributed by atoms with E-state index in [1.54, 1.807) is 12.1 Å². The average Bonchev–Trinajstić information content (AvgIpc) is 3.46. The van der Waals surface area contributed by atoms with Crippen molar-refractivity contribution in [2.24, 2.45) is 0 Å². The normalized spacial score (nSPS) is 26.5. The molecule has 3 aliphatic rings. The lowest BCUT2D eigenvalue weighted by Gasteiger charge is -2.43. The van der Waals surface area contributed by atoms with Gasteiger partial charge in [0.15, 0.2) is 12.4 Å². The molecule has 5 atom stereocenters. The molecular weight excluding hydrogens is 510 g/mol. The number of piperidine rings is 2. The van der Waals surface area contributed by atoms with Gasteiger partial charge in [-0.15, -0.1) is 0 Å². The highest BCUT2D eigenvalue weighted by atomic mass is 16.5. The Bertz CT molecular complexity index is 1520. The van der Waals surface area contributed by atoms with Crippen molar-refractivity contribution >= 4 is 16.9 Å². The second-order valence-corrected chi connectivity index (χ2v) is 12.3. The fourth-order valence-electron chi connectivity index (χ4n) is 8.11. The molecule has 5 heterocycles. The monoisotopic (exact) mass is 549 g/mol. The molecule has 41 heavy (non-hydrogen) atoms. The van der Waals surface area contributed by atoms with Crippen molar-refractivity contribution in [3.8, 4) is 0 Å². The summed E-state index contributed by atoms with van der Waals surface area (Å²) < 4.78 is 3.22. The van der Waals surface area contributed by atoms with Crippen LogP contribution in [0.1, 0.15) is 78.7 Å². The van der Waals surface area contributed by atoms with Gasteiger partial charge in [0.05, 0.1) is 11.0 Å². The minimum absolute atomic E-state index is 0.0177. The number of benzene rings is 2. The molecule has 7 rings (SSSR count). The number of likely N-dealkylation sites (tertiary alicyclic amines) is 1. The van der Waals surface area contributed by atoms with E-state index in [-0.39, 0.29) is 11.9 Å². The van der Waals surface area contributed by atoms with Crippen LogP contribution in [-0.2, 0) is 0 Å². The average molecular weight is 550 g/mol. The largest absolute Gasteiger partial charge is 0.619 e. The van der Waals surface area contributed by atoms with E-state index in [1.165, 1.54) is 36.3 Å². The maximum absolute atomic E-state index is 13.7. The molecular formula is C34H39N5O2. The van der Waals surface area contributed by atoms with Gasteiger partial charge in [0.25, 0.3) is 5.91 Å². The first-order valence-electron chi connectivity index (χ1n) is 15.3. The summed E-state index contributed by atoms with van der Waals surface area (Å²) in [6, 6.07) is 24.5. The molecule has 0 radical (unpaired) electrons. The van der Waals surface area contributed by atoms with E-state index in [2.05, 4.69) is 75.9 Å². The zero-order valence-corrected chi connectivity index (χ0v) is 23.8.